The predicted molar refractivity (Wildman–Crippen MR) is 93.9 cm³/mol. The summed E-state index contributed by atoms with van der Waals surface area (Å²) >= 11 is 0. The number of unbranched alkanes of at least 4 members (excludes halogenated alkanes) is 4. The highest BCUT2D eigenvalue weighted by molar-refractivity contribution is 5.67. The van der Waals surface area contributed by atoms with E-state index in [1.54, 1.807) is 15.6 Å². The summed E-state index contributed by atoms with van der Waals surface area (Å²) in [5.74, 6) is 0. The minimum Gasteiger partial charge on any atom is -0.297 e. The van der Waals surface area contributed by atoms with E-state index in [1.165, 1.54) is 19.3 Å². The zero-order valence-corrected chi connectivity index (χ0v) is 14.1. The van der Waals surface area contributed by atoms with Gasteiger partial charge in [-0.15, -0.1) is 5.10 Å². The molecule has 0 radical (unpaired) electrons. The summed E-state index contributed by atoms with van der Waals surface area (Å²) in [6.45, 7) is 3.45. The fourth-order valence-electron chi connectivity index (χ4n) is 2.79. The molecule has 0 saturated carbocycles. The Hall–Kier alpha value is -2.50. The van der Waals surface area contributed by atoms with Crippen molar-refractivity contribution in [2.24, 2.45) is 0 Å². The molecule has 1 aromatic carbocycles. The molecule has 3 aromatic rings. The molecule has 0 fully saturated rings. The van der Waals surface area contributed by atoms with Crippen molar-refractivity contribution in [1.82, 2.24) is 24.5 Å². The Morgan fingerprint density at radius 3 is 2.62 bits per heavy atom. The third-order valence-corrected chi connectivity index (χ3v) is 4.17. The van der Waals surface area contributed by atoms with Crippen molar-refractivity contribution < 1.29 is 0 Å². The van der Waals surface area contributed by atoms with E-state index in [0.29, 0.717) is 24.3 Å². The molecule has 0 saturated heterocycles. The largest absolute Gasteiger partial charge is 0.297 e. The van der Waals surface area contributed by atoms with Crippen molar-refractivity contribution in [1.29, 1.82) is 0 Å². The SMILES string of the molecule is CCCCCCCn1cnc2c(nnn2Cc2ccccc2)c1=O. The van der Waals surface area contributed by atoms with Gasteiger partial charge in [0.05, 0.1) is 6.54 Å². The number of fused-ring (bicyclic) bond motifs is 1. The molecule has 0 N–H and O–H groups in total. The third-order valence-electron chi connectivity index (χ3n) is 4.17. The molecule has 24 heavy (non-hydrogen) atoms. The molecule has 126 valence electrons. The average Bonchev–Trinajstić information content (AvgIpc) is 3.01. The van der Waals surface area contributed by atoms with Gasteiger partial charge in [0.25, 0.3) is 5.56 Å². The molecule has 3 rings (SSSR count). The van der Waals surface area contributed by atoms with Gasteiger partial charge in [-0.25, -0.2) is 9.67 Å². The third kappa shape index (κ3) is 3.69. The summed E-state index contributed by atoms with van der Waals surface area (Å²) in [5, 5.41) is 8.15. The second-order valence-corrected chi connectivity index (χ2v) is 6.06. The summed E-state index contributed by atoms with van der Waals surface area (Å²) in [6.07, 6.45) is 7.44. The van der Waals surface area contributed by atoms with Gasteiger partial charge in [0.1, 0.15) is 6.33 Å². The summed E-state index contributed by atoms with van der Waals surface area (Å²) in [6, 6.07) is 9.97. The maximum absolute atomic E-state index is 12.5. The minimum atomic E-state index is -0.102. The highest BCUT2D eigenvalue weighted by Crippen LogP contribution is 2.08. The standard InChI is InChI=1S/C18H23N5O/c1-2-3-4-5-9-12-22-14-19-17-16(18(22)24)20-21-23(17)13-15-10-7-6-8-11-15/h6-8,10-11,14H,2-5,9,12-13H2,1H3. The Balaban J connectivity index is 1.74. The van der Waals surface area contributed by atoms with Crippen LogP contribution in [-0.2, 0) is 13.1 Å². The number of nitrogens with zero attached hydrogens (tertiary/aromatic N) is 5. The smallest absolute Gasteiger partial charge is 0.283 e. The van der Waals surface area contributed by atoms with Crippen molar-refractivity contribution >= 4 is 11.2 Å². The lowest BCUT2D eigenvalue weighted by Crippen LogP contribution is -2.21. The van der Waals surface area contributed by atoms with E-state index >= 15 is 0 Å². The Bertz CT molecular complexity index is 837. The quantitative estimate of drug-likeness (QED) is 0.597. The molecule has 0 unspecified atom stereocenters. The number of aromatic nitrogens is 5. The summed E-state index contributed by atoms with van der Waals surface area (Å²) in [5.41, 5.74) is 1.90. The zero-order valence-electron chi connectivity index (χ0n) is 14.1. The van der Waals surface area contributed by atoms with Crippen LogP contribution in [0.1, 0.15) is 44.6 Å². The van der Waals surface area contributed by atoms with Crippen molar-refractivity contribution in [2.75, 3.05) is 0 Å². The second kappa shape index (κ2) is 7.86. The number of hydrogen-bond acceptors (Lipinski definition) is 4. The predicted octanol–water partition coefficient (Wildman–Crippen LogP) is 3.01. The van der Waals surface area contributed by atoms with Crippen LogP contribution >= 0.6 is 0 Å². The molecule has 0 bridgehead atoms. The maximum Gasteiger partial charge on any atom is 0.283 e. The zero-order chi connectivity index (χ0) is 16.8. The van der Waals surface area contributed by atoms with Crippen LogP contribution in [0.25, 0.3) is 11.2 Å². The van der Waals surface area contributed by atoms with Crippen LogP contribution in [-0.4, -0.2) is 24.5 Å². The van der Waals surface area contributed by atoms with Crippen molar-refractivity contribution in [3.63, 3.8) is 0 Å². The highest BCUT2D eigenvalue weighted by Gasteiger charge is 2.12. The molecular weight excluding hydrogens is 302 g/mol. The van der Waals surface area contributed by atoms with Crippen LogP contribution in [0.3, 0.4) is 0 Å². The lowest BCUT2D eigenvalue weighted by molar-refractivity contribution is 0.555. The summed E-state index contributed by atoms with van der Waals surface area (Å²) in [4.78, 5) is 16.9. The molecule has 2 aromatic heterocycles. The lowest BCUT2D eigenvalue weighted by atomic mass is 10.1. The minimum absolute atomic E-state index is 0.102. The fraction of sp³-hybridized carbons (Fsp3) is 0.444. The van der Waals surface area contributed by atoms with Crippen LogP contribution in [0.15, 0.2) is 41.5 Å². The van der Waals surface area contributed by atoms with Gasteiger partial charge in [-0.2, -0.15) is 0 Å². The van der Waals surface area contributed by atoms with Crippen LogP contribution in [0.5, 0.6) is 0 Å². The van der Waals surface area contributed by atoms with Crippen LogP contribution in [0, 0.1) is 0 Å². The van der Waals surface area contributed by atoms with E-state index in [2.05, 4.69) is 22.2 Å². The fourth-order valence-corrected chi connectivity index (χ4v) is 2.79. The topological polar surface area (TPSA) is 65.6 Å². The lowest BCUT2D eigenvalue weighted by Gasteiger charge is -2.05. The number of aryl methyl sites for hydroxylation is 1. The first-order chi connectivity index (χ1) is 11.8. The number of benzene rings is 1. The average molecular weight is 325 g/mol. The van der Waals surface area contributed by atoms with Crippen molar-refractivity contribution in [2.45, 2.75) is 52.1 Å². The first-order valence-corrected chi connectivity index (χ1v) is 8.62. The number of rotatable bonds is 8. The molecule has 6 nitrogen and oxygen atoms in total. The first kappa shape index (κ1) is 16.4. The van der Waals surface area contributed by atoms with E-state index in [1.807, 2.05) is 30.3 Å². The molecule has 0 aliphatic heterocycles. The first-order valence-electron chi connectivity index (χ1n) is 8.62. The van der Waals surface area contributed by atoms with Crippen LogP contribution < -0.4 is 5.56 Å². The maximum atomic E-state index is 12.5. The normalized spacial score (nSPS) is 11.2. The van der Waals surface area contributed by atoms with E-state index in [4.69, 9.17) is 0 Å². The van der Waals surface area contributed by atoms with Gasteiger partial charge < -0.3 is 0 Å². The molecule has 6 heteroatoms. The van der Waals surface area contributed by atoms with E-state index in [-0.39, 0.29) is 5.56 Å². The monoisotopic (exact) mass is 325 g/mol. The van der Waals surface area contributed by atoms with Gasteiger partial charge in [0.15, 0.2) is 11.2 Å². The van der Waals surface area contributed by atoms with Gasteiger partial charge >= 0.3 is 0 Å². The Morgan fingerprint density at radius 2 is 1.83 bits per heavy atom. The number of hydrogen-bond donors (Lipinski definition) is 0. The van der Waals surface area contributed by atoms with Crippen molar-refractivity contribution in [3.8, 4) is 0 Å². The summed E-state index contributed by atoms with van der Waals surface area (Å²) < 4.78 is 3.33. The molecule has 2 heterocycles. The molecule has 0 spiro atoms. The van der Waals surface area contributed by atoms with Gasteiger partial charge in [0, 0.05) is 6.54 Å². The van der Waals surface area contributed by atoms with Crippen LogP contribution in [0.4, 0.5) is 0 Å². The Kier molecular flexibility index (Phi) is 5.36. The van der Waals surface area contributed by atoms with Gasteiger partial charge in [-0.1, -0.05) is 68.2 Å². The van der Waals surface area contributed by atoms with E-state index in [9.17, 15) is 4.79 Å². The van der Waals surface area contributed by atoms with Gasteiger partial charge in [-0.05, 0) is 12.0 Å². The highest BCUT2D eigenvalue weighted by atomic mass is 16.1. The van der Waals surface area contributed by atoms with E-state index in [0.717, 1.165) is 18.4 Å². The molecule has 0 aliphatic rings. The van der Waals surface area contributed by atoms with Crippen LogP contribution in [0.2, 0.25) is 0 Å². The molecule has 0 atom stereocenters. The van der Waals surface area contributed by atoms with Crippen molar-refractivity contribution in [3.05, 3.63) is 52.6 Å². The Labute approximate surface area is 141 Å². The molecule has 0 amide bonds. The van der Waals surface area contributed by atoms with Gasteiger partial charge in [-0.3, -0.25) is 9.36 Å². The Morgan fingerprint density at radius 1 is 1.04 bits per heavy atom. The second-order valence-electron chi connectivity index (χ2n) is 6.06. The summed E-state index contributed by atoms with van der Waals surface area (Å²) in [7, 11) is 0. The molecular formula is C18H23N5O. The van der Waals surface area contributed by atoms with Gasteiger partial charge in [0.2, 0.25) is 0 Å². The molecule has 0 aliphatic carbocycles. The van der Waals surface area contributed by atoms with E-state index < -0.39 is 0 Å².